The van der Waals surface area contributed by atoms with Crippen LogP contribution < -0.4 is 0 Å². The minimum absolute atomic E-state index is 0.0672. The van der Waals surface area contributed by atoms with Crippen molar-refractivity contribution in [2.45, 2.75) is 19.5 Å². The maximum absolute atomic E-state index is 13.6. The van der Waals surface area contributed by atoms with Gasteiger partial charge in [0.05, 0.1) is 13.2 Å². The molecule has 0 aliphatic rings. The molecule has 1 atom stereocenters. The Kier molecular flexibility index (Phi) is 5.53. The third-order valence-electron chi connectivity index (χ3n) is 1.39. The largest absolute Gasteiger partial charge is 0.372 e. The van der Waals surface area contributed by atoms with Crippen LogP contribution in [-0.2, 0) is 18.2 Å². The van der Waals surface area contributed by atoms with E-state index < -0.39 is 20.4 Å². The molecule has 0 aromatic rings. The second-order valence-corrected chi connectivity index (χ2v) is 8.90. The summed E-state index contributed by atoms with van der Waals surface area (Å²) in [5.41, 5.74) is -2.03. The maximum atomic E-state index is 13.6. The molecule has 0 aliphatic carbocycles. The van der Waals surface area contributed by atoms with Crippen LogP contribution in [0.1, 0.15) is 13.8 Å². The molecular weight excluding hydrogens is 229 g/mol. The molecule has 0 aromatic heterocycles. The highest BCUT2D eigenvalue weighted by Crippen LogP contribution is 2.66. The molecule has 4 nitrogen and oxygen atoms in total. The van der Waals surface area contributed by atoms with Gasteiger partial charge in [-0.2, -0.15) is 0 Å². The van der Waals surface area contributed by atoms with Gasteiger partial charge in [-0.1, -0.05) is 0 Å². The third-order valence-corrected chi connectivity index (χ3v) is 6.69. The zero-order valence-corrected chi connectivity index (χ0v) is 10.7. The fraction of sp³-hybridized carbons (Fsp3) is 1.00. The molecule has 0 radical (unpaired) electrons. The van der Waals surface area contributed by atoms with Crippen molar-refractivity contribution in [3.8, 4) is 0 Å². The van der Waals surface area contributed by atoms with Crippen molar-refractivity contribution in [2.75, 3.05) is 26.5 Å². The molecule has 0 aromatic carbocycles. The molecule has 0 spiro atoms. The lowest BCUT2D eigenvalue weighted by Crippen LogP contribution is -2.08. The molecule has 0 bridgehead atoms. The molecule has 0 saturated heterocycles. The predicted molar refractivity (Wildman–Crippen MR) is 55.2 cm³/mol. The molecule has 86 valence electrons. The van der Waals surface area contributed by atoms with Gasteiger partial charge in [-0.3, -0.25) is 4.57 Å². The Bertz CT molecular complexity index is 252. The minimum atomic E-state index is -3.86. The molecule has 7 heteroatoms. The van der Waals surface area contributed by atoms with Gasteiger partial charge >= 0.3 is 7.60 Å². The minimum Gasteiger partial charge on any atom is -0.320 e. The Labute approximate surface area is 84.1 Å². The predicted octanol–water partition coefficient (Wildman–Crippen LogP) is 3.13. The summed E-state index contributed by atoms with van der Waals surface area (Å²) in [4.78, 5) is 0. The van der Waals surface area contributed by atoms with Gasteiger partial charge in [-0.15, -0.1) is 0 Å². The summed E-state index contributed by atoms with van der Waals surface area (Å²) in [6.07, 6.45) is 0. The topological polar surface area (TPSA) is 52.6 Å². The van der Waals surface area contributed by atoms with Crippen LogP contribution in [0.2, 0.25) is 0 Å². The Hall–Kier alpha value is 0.310. The van der Waals surface area contributed by atoms with E-state index in [2.05, 4.69) is 0 Å². The van der Waals surface area contributed by atoms with Gasteiger partial charge in [0, 0.05) is 0 Å². The normalized spacial score (nSPS) is 15.5. The van der Waals surface area contributed by atoms with Crippen LogP contribution in [0, 0.1) is 0 Å². The molecule has 0 rings (SSSR count). The fourth-order valence-electron chi connectivity index (χ4n) is 0.861. The van der Waals surface area contributed by atoms with Crippen molar-refractivity contribution in [3.05, 3.63) is 0 Å². The first-order chi connectivity index (χ1) is 6.28. The van der Waals surface area contributed by atoms with E-state index in [1.807, 2.05) is 0 Å². The maximum Gasteiger partial charge on any atom is 0.372 e. The van der Waals surface area contributed by atoms with Crippen LogP contribution in [0.15, 0.2) is 0 Å². The lowest BCUT2D eigenvalue weighted by Gasteiger charge is -2.22. The Morgan fingerprint density at radius 3 is 1.71 bits per heavy atom. The van der Waals surface area contributed by atoms with Gasteiger partial charge in [0.15, 0.2) is 0 Å². The van der Waals surface area contributed by atoms with Gasteiger partial charge in [0.1, 0.15) is 7.14 Å². The van der Waals surface area contributed by atoms with Crippen molar-refractivity contribution in [1.82, 2.24) is 0 Å². The number of hydrogen-bond acceptors (Lipinski definition) is 4. The van der Waals surface area contributed by atoms with E-state index in [9.17, 15) is 13.5 Å². The highest BCUT2D eigenvalue weighted by molar-refractivity contribution is 7.76. The number of rotatable bonds is 6. The SMILES string of the molecule is CCOP(=O)(OCC)C(F)P(C)(C)=O. The number of hydrogen-bond donors (Lipinski definition) is 0. The Morgan fingerprint density at radius 1 is 1.14 bits per heavy atom. The van der Waals surface area contributed by atoms with Crippen molar-refractivity contribution in [3.63, 3.8) is 0 Å². The second kappa shape index (κ2) is 5.41. The summed E-state index contributed by atoms with van der Waals surface area (Å²) in [6.45, 7) is 5.74. The zero-order valence-electron chi connectivity index (χ0n) is 8.90. The molecule has 0 amide bonds. The standard InChI is InChI=1S/C7H17FO4P2/c1-5-11-14(10,12-6-2)7(8)13(3,4)9/h7H,5-6H2,1-4H3. The highest BCUT2D eigenvalue weighted by Gasteiger charge is 2.43. The van der Waals surface area contributed by atoms with E-state index >= 15 is 0 Å². The van der Waals surface area contributed by atoms with Crippen LogP contribution in [0.25, 0.3) is 0 Å². The summed E-state index contributed by atoms with van der Waals surface area (Å²) in [7, 11) is -6.98. The quantitative estimate of drug-likeness (QED) is 0.675. The Balaban J connectivity index is 4.82. The van der Waals surface area contributed by atoms with E-state index in [0.717, 1.165) is 0 Å². The van der Waals surface area contributed by atoms with E-state index in [4.69, 9.17) is 9.05 Å². The number of alkyl halides is 1. The second-order valence-electron chi connectivity index (χ2n) is 3.12. The molecule has 0 fully saturated rings. The first-order valence-corrected chi connectivity index (χ1v) is 8.63. The highest BCUT2D eigenvalue weighted by atomic mass is 31.2. The molecular formula is C7H17FO4P2. The summed E-state index contributed by atoms with van der Waals surface area (Å²) >= 11 is 0. The van der Waals surface area contributed by atoms with Crippen molar-refractivity contribution in [1.29, 1.82) is 0 Å². The summed E-state index contributed by atoms with van der Waals surface area (Å²) < 4.78 is 46.2. The molecule has 14 heavy (non-hydrogen) atoms. The van der Waals surface area contributed by atoms with E-state index in [-0.39, 0.29) is 13.2 Å². The smallest absolute Gasteiger partial charge is 0.320 e. The molecule has 0 N–H and O–H groups in total. The van der Waals surface area contributed by atoms with Gasteiger partial charge < -0.3 is 13.6 Å². The molecule has 0 heterocycles. The first-order valence-electron chi connectivity index (χ1n) is 4.35. The molecule has 0 saturated carbocycles. The van der Waals surface area contributed by atoms with Crippen molar-refractivity contribution < 1.29 is 22.6 Å². The molecule has 0 aliphatic heterocycles. The molecule has 1 unspecified atom stereocenters. The average Bonchev–Trinajstić information content (AvgIpc) is 2.02. The summed E-state index contributed by atoms with van der Waals surface area (Å²) in [5, 5.41) is 0. The lowest BCUT2D eigenvalue weighted by molar-refractivity contribution is 0.203. The lowest BCUT2D eigenvalue weighted by atomic mass is 10.9. The van der Waals surface area contributed by atoms with Crippen LogP contribution in [0.5, 0.6) is 0 Å². The summed E-state index contributed by atoms with van der Waals surface area (Å²) in [6, 6.07) is 0. The van der Waals surface area contributed by atoms with Gasteiger partial charge in [-0.25, -0.2) is 4.39 Å². The van der Waals surface area contributed by atoms with E-state index in [1.165, 1.54) is 13.3 Å². The first kappa shape index (κ1) is 14.3. The zero-order chi connectivity index (χ0) is 11.4. The van der Waals surface area contributed by atoms with Gasteiger partial charge in [-0.05, 0) is 27.2 Å². The van der Waals surface area contributed by atoms with Crippen molar-refractivity contribution in [2.24, 2.45) is 0 Å². The van der Waals surface area contributed by atoms with Crippen LogP contribution in [0.3, 0.4) is 0 Å². The Morgan fingerprint density at radius 2 is 1.50 bits per heavy atom. The monoisotopic (exact) mass is 246 g/mol. The van der Waals surface area contributed by atoms with Crippen LogP contribution in [0.4, 0.5) is 4.39 Å². The van der Waals surface area contributed by atoms with Crippen LogP contribution in [-0.4, -0.2) is 32.2 Å². The summed E-state index contributed by atoms with van der Waals surface area (Å²) in [5.74, 6) is 0. The van der Waals surface area contributed by atoms with E-state index in [0.29, 0.717) is 0 Å². The van der Waals surface area contributed by atoms with Crippen molar-refractivity contribution >= 4 is 14.7 Å². The van der Waals surface area contributed by atoms with Gasteiger partial charge in [0.25, 0.3) is 5.65 Å². The fourth-order valence-corrected chi connectivity index (χ4v) is 5.03. The van der Waals surface area contributed by atoms with E-state index in [1.54, 1.807) is 13.8 Å². The third kappa shape index (κ3) is 3.82. The van der Waals surface area contributed by atoms with Gasteiger partial charge in [0.2, 0.25) is 0 Å². The average molecular weight is 246 g/mol. The van der Waals surface area contributed by atoms with Crippen LogP contribution >= 0.6 is 14.7 Å². The number of halogens is 1.